The van der Waals surface area contributed by atoms with Crippen LogP contribution in [0.4, 0.5) is 0 Å². The summed E-state index contributed by atoms with van der Waals surface area (Å²) in [5, 5.41) is 3.18. The van der Waals surface area contributed by atoms with Gasteiger partial charge in [-0.2, -0.15) is 0 Å². The van der Waals surface area contributed by atoms with E-state index in [2.05, 4.69) is 10.3 Å². The lowest BCUT2D eigenvalue weighted by Crippen LogP contribution is -2.31. The number of nitrogens with zero attached hydrogens (tertiary/aromatic N) is 2. The number of sulfone groups is 1. The van der Waals surface area contributed by atoms with Crippen LogP contribution in [0.15, 0.2) is 12.5 Å². The van der Waals surface area contributed by atoms with Gasteiger partial charge in [0.15, 0.2) is 9.84 Å². The van der Waals surface area contributed by atoms with Gasteiger partial charge in [-0.15, -0.1) is 0 Å². The van der Waals surface area contributed by atoms with Gasteiger partial charge in [-0.1, -0.05) is 6.92 Å². The van der Waals surface area contributed by atoms with Crippen molar-refractivity contribution in [2.45, 2.75) is 45.5 Å². The van der Waals surface area contributed by atoms with E-state index in [1.54, 1.807) is 27.1 Å². The molecular weight excluding hydrogens is 250 g/mol. The third-order valence-electron chi connectivity index (χ3n) is 2.79. The minimum absolute atomic E-state index is 0.146. The van der Waals surface area contributed by atoms with Gasteiger partial charge in [0.2, 0.25) is 0 Å². The first-order valence-electron chi connectivity index (χ1n) is 6.20. The molecule has 0 aromatic carbocycles. The number of hydrogen-bond acceptors (Lipinski definition) is 4. The van der Waals surface area contributed by atoms with E-state index >= 15 is 0 Å². The van der Waals surface area contributed by atoms with Crippen molar-refractivity contribution in [2.24, 2.45) is 0 Å². The lowest BCUT2D eigenvalue weighted by atomic mass is 10.3. The maximum absolute atomic E-state index is 12.0. The Kier molecular flexibility index (Phi) is 4.92. The van der Waals surface area contributed by atoms with Crippen LogP contribution in [0, 0.1) is 0 Å². The number of rotatable bonds is 6. The molecule has 1 rings (SSSR count). The summed E-state index contributed by atoms with van der Waals surface area (Å²) in [5.74, 6) is 0.146. The maximum Gasteiger partial charge on any atom is 0.156 e. The number of hydrogen-bond donors (Lipinski definition) is 1. The van der Waals surface area contributed by atoms with Gasteiger partial charge in [-0.3, -0.25) is 0 Å². The molecule has 5 nitrogen and oxygen atoms in total. The van der Waals surface area contributed by atoms with Crippen molar-refractivity contribution in [3.8, 4) is 0 Å². The molecule has 6 heteroatoms. The van der Waals surface area contributed by atoms with Crippen LogP contribution in [0.1, 0.15) is 33.4 Å². The topological polar surface area (TPSA) is 64.0 Å². The van der Waals surface area contributed by atoms with Crippen molar-refractivity contribution in [1.29, 1.82) is 0 Å². The predicted octanol–water partition coefficient (Wildman–Crippen LogP) is 1.21. The van der Waals surface area contributed by atoms with Crippen molar-refractivity contribution in [2.75, 3.05) is 12.3 Å². The Bertz CT molecular complexity index is 472. The van der Waals surface area contributed by atoms with Gasteiger partial charge >= 0.3 is 0 Å². The molecule has 0 aliphatic rings. The fraction of sp³-hybridized carbons (Fsp3) is 0.750. The quantitative estimate of drug-likeness (QED) is 0.846. The molecule has 1 N–H and O–H groups in total. The van der Waals surface area contributed by atoms with Crippen LogP contribution in [0.5, 0.6) is 0 Å². The molecular formula is C12H23N3O2S. The zero-order chi connectivity index (χ0) is 13.8. The molecule has 0 aliphatic carbocycles. The van der Waals surface area contributed by atoms with E-state index in [1.807, 2.05) is 17.7 Å². The highest BCUT2D eigenvalue weighted by molar-refractivity contribution is 7.92. The fourth-order valence-corrected chi connectivity index (χ4v) is 2.47. The smallest absolute Gasteiger partial charge is 0.156 e. The molecule has 104 valence electrons. The lowest BCUT2D eigenvalue weighted by molar-refractivity contribution is 0.553. The van der Waals surface area contributed by atoms with Gasteiger partial charge in [0.05, 0.1) is 22.5 Å². The van der Waals surface area contributed by atoms with E-state index in [1.165, 1.54) is 0 Å². The number of imidazole rings is 1. The summed E-state index contributed by atoms with van der Waals surface area (Å²) in [4.78, 5) is 4.22. The molecule has 0 bridgehead atoms. The maximum atomic E-state index is 12.0. The second kappa shape index (κ2) is 5.84. The average Bonchev–Trinajstić information content (AvgIpc) is 2.70. The van der Waals surface area contributed by atoms with Crippen LogP contribution in [-0.4, -0.2) is 35.0 Å². The fourth-order valence-electron chi connectivity index (χ4n) is 1.40. The first kappa shape index (κ1) is 15.2. The van der Waals surface area contributed by atoms with Crippen LogP contribution in [0.3, 0.4) is 0 Å². The summed E-state index contributed by atoms with van der Waals surface area (Å²) in [6, 6.07) is 0. The number of nitrogens with one attached hydrogen (secondary N) is 1. The monoisotopic (exact) mass is 273 g/mol. The van der Waals surface area contributed by atoms with Crippen molar-refractivity contribution >= 4 is 9.84 Å². The highest BCUT2D eigenvalue weighted by Gasteiger charge is 2.28. The molecule has 0 atom stereocenters. The Morgan fingerprint density at radius 2 is 2.06 bits per heavy atom. The van der Waals surface area contributed by atoms with Crippen molar-refractivity contribution in [3.63, 3.8) is 0 Å². The van der Waals surface area contributed by atoms with Crippen molar-refractivity contribution in [3.05, 3.63) is 18.2 Å². The Hall–Kier alpha value is -0.880. The van der Waals surface area contributed by atoms with Crippen LogP contribution in [-0.2, 0) is 22.9 Å². The number of aryl methyl sites for hydroxylation is 1. The zero-order valence-corrected chi connectivity index (χ0v) is 12.4. The van der Waals surface area contributed by atoms with Gasteiger partial charge in [-0.25, -0.2) is 13.4 Å². The molecule has 0 radical (unpaired) electrons. The molecule has 0 saturated heterocycles. The molecule has 1 aromatic rings. The molecule has 0 fully saturated rings. The zero-order valence-electron chi connectivity index (χ0n) is 11.6. The van der Waals surface area contributed by atoms with E-state index < -0.39 is 14.6 Å². The SMILES string of the molecule is CCNCc1cn(CCS(=O)(=O)C(C)(C)C)cn1. The van der Waals surface area contributed by atoms with E-state index in [-0.39, 0.29) is 5.75 Å². The highest BCUT2D eigenvalue weighted by atomic mass is 32.2. The third kappa shape index (κ3) is 4.10. The van der Waals surface area contributed by atoms with E-state index in [0.717, 1.165) is 18.8 Å². The predicted molar refractivity (Wildman–Crippen MR) is 73.1 cm³/mol. The molecule has 18 heavy (non-hydrogen) atoms. The first-order valence-corrected chi connectivity index (χ1v) is 7.85. The average molecular weight is 273 g/mol. The number of aromatic nitrogens is 2. The largest absolute Gasteiger partial charge is 0.336 e. The van der Waals surface area contributed by atoms with Crippen LogP contribution >= 0.6 is 0 Å². The first-order chi connectivity index (χ1) is 8.26. The molecule has 0 aliphatic heterocycles. The van der Waals surface area contributed by atoms with Gasteiger partial charge in [-0.05, 0) is 27.3 Å². The van der Waals surface area contributed by atoms with E-state index in [0.29, 0.717) is 6.54 Å². The van der Waals surface area contributed by atoms with Crippen LogP contribution in [0.2, 0.25) is 0 Å². The van der Waals surface area contributed by atoms with E-state index in [4.69, 9.17) is 0 Å². The Morgan fingerprint density at radius 3 is 2.61 bits per heavy atom. The standard InChI is InChI=1S/C12H23N3O2S/c1-5-13-8-11-9-15(10-14-11)6-7-18(16,17)12(2,3)4/h9-10,13H,5-8H2,1-4H3. The lowest BCUT2D eigenvalue weighted by Gasteiger charge is -2.19. The summed E-state index contributed by atoms with van der Waals surface area (Å²) in [6.07, 6.45) is 3.58. The minimum Gasteiger partial charge on any atom is -0.336 e. The van der Waals surface area contributed by atoms with Gasteiger partial charge in [0.1, 0.15) is 0 Å². The Morgan fingerprint density at radius 1 is 1.39 bits per heavy atom. The molecule has 1 aromatic heterocycles. The second-order valence-electron chi connectivity index (χ2n) is 5.31. The highest BCUT2D eigenvalue weighted by Crippen LogP contribution is 2.16. The second-order valence-corrected chi connectivity index (χ2v) is 8.18. The normalized spacial score (nSPS) is 12.9. The Balaban J connectivity index is 2.57. The summed E-state index contributed by atoms with van der Waals surface area (Å²) < 4.78 is 25.1. The molecule has 0 saturated carbocycles. The summed E-state index contributed by atoms with van der Waals surface area (Å²) in [5.41, 5.74) is 0.935. The third-order valence-corrected chi connectivity index (χ3v) is 5.38. The summed E-state index contributed by atoms with van der Waals surface area (Å²) in [7, 11) is -3.07. The van der Waals surface area contributed by atoms with Gasteiger partial charge in [0, 0.05) is 19.3 Å². The summed E-state index contributed by atoms with van der Waals surface area (Å²) >= 11 is 0. The van der Waals surface area contributed by atoms with E-state index in [9.17, 15) is 8.42 Å². The van der Waals surface area contributed by atoms with Gasteiger partial charge in [0.25, 0.3) is 0 Å². The van der Waals surface area contributed by atoms with Crippen LogP contribution < -0.4 is 5.32 Å². The molecule has 0 unspecified atom stereocenters. The van der Waals surface area contributed by atoms with Gasteiger partial charge < -0.3 is 9.88 Å². The Labute approximate surface area is 110 Å². The summed E-state index contributed by atoms with van der Waals surface area (Å²) in [6.45, 7) is 9.29. The minimum atomic E-state index is -3.07. The molecule has 0 spiro atoms. The molecule has 0 amide bonds. The van der Waals surface area contributed by atoms with Crippen molar-refractivity contribution in [1.82, 2.24) is 14.9 Å². The van der Waals surface area contributed by atoms with Crippen molar-refractivity contribution < 1.29 is 8.42 Å². The molecule has 1 heterocycles. The van der Waals surface area contributed by atoms with Crippen LogP contribution in [0.25, 0.3) is 0 Å².